The van der Waals surface area contributed by atoms with E-state index in [-0.39, 0.29) is 22.5 Å². The molecule has 8 atom stereocenters. The topological polar surface area (TPSA) is 297 Å². The molecule has 6 aromatic rings. The largest absolute Gasteiger partial charge is 0.396 e. The molecule has 27 heteroatoms. The molecule has 85 heavy (non-hydrogen) atoms. The molecule has 10 rings (SSSR count). The van der Waals surface area contributed by atoms with E-state index in [4.69, 9.17) is 28.2 Å². The minimum Gasteiger partial charge on any atom is -0.396 e. The number of nitrogens with one attached hydrogen (secondary N) is 1. The third kappa shape index (κ3) is 18.4. The number of imidazole rings is 3. The van der Waals surface area contributed by atoms with Gasteiger partial charge in [-0.1, -0.05) is 27.7 Å². The lowest BCUT2D eigenvalue weighted by atomic mass is 9.91. The fraction of sp³-hybridized carbons (Fsp3) is 0.741. The molecule has 0 amide bonds. The number of ether oxygens (including phenoxy) is 4. The summed E-state index contributed by atoms with van der Waals surface area (Å²) in [5.74, 6) is 2.27. The number of nitrogens with zero attached hydrogens (tertiary/aromatic N) is 11. The molecule has 0 bridgehead atoms. The van der Waals surface area contributed by atoms with Gasteiger partial charge in [-0.2, -0.15) is 8.42 Å². The van der Waals surface area contributed by atoms with Gasteiger partial charge in [0.2, 0.25) is 0 Å². The van der Waals surface area contributed by atoms with Gasteiger partial charge in [0.15, 0.2) is 33.5 Å². The number of rotatable bonds is 16. The van der Waals surface area contributed by atoms with Gasteiger partial charge in [-0.3, -0.25) is 46.4 Å². The van der Waals surface area contributed by atoms with E-state index in [0.29, 0.717) is 108 Å². The van der Waals surface area contributed by atoms with Gasteiger partial charge in [-0.25, -0.2) is 29.3 Å². The predicted molar refractivity (Wildman–Crippen MR) is 324 cm³/mol. The summed E-state index contributed by atoms with van der Waals surface area (Å²) in [7, 11) is 6.86. The minimum absolute atomic E-state index is 0.248. The van der Waals surface area contributed by atoms with Gasteiger partial charge in [0.1, 0.15) is 0 Å². The summed E-state index contributed by atoms with van der Waals surface area (Å²) < 4.78 is 60.5. The van der Waals surface area contributed by atoms with Crippen molar-refractivity contribution in [3.05, 3.63) is 81.5 Å². The van der Waals surface area contributed by atoms with E-state index in [2.05, 4.69) is 47.6 Å². The zero-order chi connectivity index (χ0) is 62.1. The zero-order valence-electron chi connectivity index (χ0n) is 51.9. The van der Waals surface area contributed by atoms with Gasteiger partial charge < -0.3 is 37.8 Å². The van der Waals surface area contributed by atoms with Crippen LogP contribution in [0.2, 0.25) is 0 Å². The van der Waals surface area contributed by atoms with Gasteiger partial charge >= 0.3 is 17.1 Å². The maximum absolute atomic E-state index is 12.6. The lowest BCUT2D eigenvalue weighted by molar-refractivity contribution is -0.0149. The first-order valence-corrected chi connectivity index (χ1v) is 32.1. The molecule has 0 spiro atoms. The summed E-state index contributed by atoms with van der Waals surface area (Å²) in [6.45, 7) is 13.3. The van der Waals surface area contributed by atoms with Gasteiger partial charge in [0.05, 0.1) is 56.3 Å². The van der Waals surface area contributed by atoms with Gasteiger partial charge in [-0.05, 0) is 126 Å². The highest BCUT2D eigenvalue weighted by Crippen LogP contribution is 2.28. The van der Waals surface area contributed by atoms with Crippen molar-refractivity contribution in [2.24, 2.45) is 66.0 Å². The van der Waals surface area contributed by atoms with Crippen LogP contribution in [0.1, 0.15) is 130 Å². The molecule has 8 unspecified atom stereocenters. The molecule has 476 valence electrons. The van der Waals surface area contributed by atoms with Crippen LogP contribution >= 0.6 is 0 Å². The van der Waals surface area contributed by atoms with Crippen molar-refractivity contribution in [1.82, 2.24) is 56.5 Å². The predicted octanol–water partition coefficient (Wildman–Crippen LogP) is 4.15. The molecule has 0 saturated carbocycles. The monoisotopic (exact) mass is 1210 g/mol. The Morgan fingerprint density at radius 1 is 0.529 bits per heavy atom. The van der Waals surface area contributed by atoms with Crippen molar-refractivity contribution in [1.29, 1.82) is 0 Å². The maximum atomic E-state index is 12.6. The molecule has 6 aromatic heterocycles. The number of fused-ring (bicyclic) bond motifs is 3. The maximum Gasteiger partial charge on any atom is 0.332 e. The summed E-state index contributed by atoms with van der Waals surface area (Å²) in [6, 6.07) is 0. The Bertz CT molecular complexity index is 3450. The van der Waals surface area contributed by atoms with Crippen LogP contribution in [0, 0.1) is 23.7 Å². The number of aliphatic hydroxyl groups excluding tert-OH is 1. The van der Waals surface area contributed by atoms with Crippen LogP contribution in [0.5, 0.6) is 0 Å². The lowest BCUT2D eigenvalue weighted by Gasteiger charge is -2.29. The molecule has 4 fully saturated rings. The number of aryl methyl sites for hydroxylation is 6. The fourth-order valence-electron chi connectivity index (χ4n) is 11.6. The van der Waals surface area contributed by atoms with Crippen molar-refractivity contribution >= 4 is 43.6 Å². The first kappa shape index (κ1) is 68.3. The number of aliphatic hydroxyl groups is 1. The lowest BCUT2D eigenvalue weighted by Crippen LogP contribution is -2.40. The van der Waals surface area contributed by atoms with Crippen LogP contribution in [-0.4, -0.2) is 140 Å². The summed E-state index contributed by atoms with van der Waals surface area (Å²) in [5.41, 5.74) is 0.709. The summed E-state index contributed by atoms with van der Waals surface area (Å²) in [6.07, 6.45) is 23.1. The standard InChI is InChI=1S/2C16H24N4O3.C10H20O4S.C9H18O2.C7H8N4O2/c2*1-4-12-9-11(6-8-23-12)5-7-20-15(21)13-14(17-10-18(13)2)19(3)16(20)22;1-3-10-8-9(4-6-13-10)5-7-14-15(2,11)12;1-2-9-7-8(3-5-10)4-6-11-9;1-10-3-8-5-4(10)6(12)9-7(13)11(5)2/h2*10-12H,4-9H2,1-3H3;9-10H,3-8H2,1-2H3;8-10H,2-7H2,1H3;3H,1-2H3,(H,9,12,13). The van der Waals surface area contributed by atoms with Crippen LogP contribution in [0.15, 0.2) is 47.7 Å². The Hall–Kier alpha value is -5.84. The molecule has 10 heterocycles. The van der Waals surface area contributed by atoms with E-state index < -0.39 is 21.4 Å². The number of H-pyrrole nitrogens is 1. The second kappa shape index (κ2) is 32.2. The number of aromatic amines is 1. The molecule has 2 N–H and O–H groups in total. The molecule has 4 aliphatic rings. The van der Waals surface area contributed by atoms with Crippen LogP contribution in [0.25, 0.3) is 33.5 Å². The van der Waals surface area contributed by atoms with E-state index in [1.807, 2.05) is 0 Å². The Morgan fingerprint density at radius 3 is 1.22 bits per heavy atom. The highest BCUT2D eigenvalue weighted by Gasteiger charge is 2.26. The third-order valence-corrected chi connectivity index (χ3v) is 17.6. The van der Waals surface area contributed by atoms with Crippen molar-refractivity contribution in [2.75, 3.05) is 45.9 Å². The van der Waals surface area contributed by atoms with E-state index >= 15 is 0 Å². The molecular weight excluding hydrogens is 1120 g/mol. The Balaban J connectivity index is 0.000000175. The van der Waals surface area contributed by atoms with Crippen LogP contribution in [-0.2, 0) is 88.6 Å². The normalized spacial score (nSPS) is 22.6. The second-order valence-electron chi connectivity index (χ2n) is 23.1. The van der Waals surface area contributed by atoms with Gasteiger partial charge in [-0.15, -0.1) is 0 Å². The van der Waals surface area contributed by atoms with Crippen LogP contribution < -0.4 is 33.7 Å². The van der Waals surface area contributed by atoms with Crippen molar-refractivity contribution in [3.63, 3.8) is 0 Å². The van der Waals surface area contributed by atoms with Crippen LogP contribution in [0.3, 0.4) is 0 Å². The average Bonchev–Trinajstić information content (AvgIpc) is 2.69. The molecular formula is C58H94N12O14S. The van der Waals surface area contributed by atoms with Crippen molar-refractivity contribution < 1.29 is 36.7 Å². The summed E-state index contributed by atoms with van der Waals surface area (Å²) >= 11 is 0. The summed E-state index contributed by atoms with van der Waals surface area (Å²) in [5, 5.41) is 8.74. The highest BCUT2D eigenvalue weighted by molar-refractivity contribution is 7.85. The number of aromatic nitrogens is 12. The molecule has 26 nitrogen and oxygen atoms in total. The van der Waals surface area contributed by atoms with E-state index in [9.17, 15) is 37.2 Å². The second-order valence-corrected chi connectivity index (χ2v) is 24.7. The zero-order valence-corrected chi connectivity index (χ0v) is 52.7. The SMILES string of the molecule is CCC1CC(CCO)CCO1.CCC1CC(CCOS(C)(=O)=O)CCO1.CCC1CC(CCn2c(=O)c3c(ncn3C)n(C)c2=O)CCO1.CCC1CC(CCn2c(=O)c3c(ncn3C)n(C)c2=O)CCO1.Cn1cnc2c1c(=O)[nH]c(=O)n2C. The number of hydrogen-bond acceptors (Lipinski definition) is 17. The Kier molecular flexibility index (Phi) is 25.9. The molecule has 0 radical (unpaired) electrons. The molecule has 4 saturated heterocycles. The van der Waals surface area contributed by atoms with E-state index in [0.717, 1.165) is 135 Å². The first-order chi connectivity index (χ1) is 40.5. The molecule has 0 aliphatic carbocycles. The van der Waals surface area contributed by atoms with E-state index in [1.165, 1.54) is 29.2 Å². The van der Waals surface area contributed by atoms with Crippen molar-refractivity contribution in [3.8, 4) is 0 Å². The van der Waals surface area contributed by atoms with Gasteiger partial charge in [0, 0.05) is 88.4 Å². The fourth-order valence-corrected chi connectivity index (χ4v) is 12.0. The van der Waals surface area contributed by atoms with Crippen molar-refractivity contribution in [2.45, 2.75) is 168 Å². The number of hydrogen-bond donors (Lipinski definition) is 2. The first-order valence-electron chi connectivity index (χ1n) is 30.3. The minimum atomic E-state index is -3.28. The highest BCUT2D eigenvalue weighted by atomic mass is 32.2. The Morgan fingerprint density at radius 2 is 0.871 bits per heavy atom. The third-order valence-electron chi connectivity index (χ3n) is 17.0. The van der Waals surface area contributed by atoms with Gasteiger partial charge in [0.25, 0.3) is 26.8 Å². The smallest absolute Gasteiger partial charge is 0.332 e. The average molecular weight is 1220 g/mol. The van der Waals surface area contributed by atoms with E-state index in [1.54, 1.807) is 68.6 Å². The summed E-state index contributed by atoms with van der Waals surface area (Å²) in [4.78, 5) is 87.1. The molecule has 4 aliphatic heterocycles. The molecule has 0 aromatic carbocycles. The quantitative estimate of drug-likeness (QED) is 0.129. The Labute approximate surface area is 496 Å². The van der Waals surface area contributed by atoms with Crippen LogP contribution in [0.4, 0.5) is 0 Å².